The van der Waals surface area contributed by atoms with Crippen molar-refractivity contribution >= 4 is 29.8 Å². The standard InChI is InChI=1S/C36H43NO13/c1-34-14-12-24(38)19-23(34)8-9-25-26-13-15-36(43,35(26,2)20-27(39)32(25)34)30(40)21-48-33(42)50-28-10-6-22(18-29(28)46-3)7-11-31(41)47-16-4-5-17-49-37(44)45/h6-7,10-12,14,18-19,25-27,32,39,43H,4-5,8-9,13,15-17,20-21H2,1-3H3/b11-7+/t25-,26-,27-,32+,34-,35-,36-/m0/s1. The summed E-state index contributed by atoms with van der Waals surface area (Å²) in [5.41, 5.74) is -1.71. The SMILES string of the molecule is COc1cc(/C=C/C(=O)OCCCCO[N+](=O)[O-])ccc1OC(=O)OCC(=O)[C@@]1(O)CC[C@H]2[C@@H]3CCC4=CC(=O)C=C[C@]4(C)[C@H]3[C@@H](O)C[C@@]21C. The number of ketones is 2. The number of nitrogens with zero attached hydrogens (tertiary/aromatic N) is 1. The van der Waals surface area contributed by atoms with Crippen LogP contribution in [0, 0.1) is 38.7 Å². The molecule has 0 radical (unpaired) electrons. The van der Waals surface area contributed by atoms with E-state index in [0.29, 0.717) is 31.2 Å². The number of carbonyl (C=O) groups excluding carboxylic acids is 4. The number of aliphatic hydroxyl groups is 2. The number of carbonyl (C=O) groups is 4. The third-order valence-corrected chi connectivity index (χ3v) is 11.2. The maximum Gasteiger partial charge on any atom is 0.514 e. The van der Waals surface area contributed by atoms with Gasteiger partial charge in [-0.1, -0.05) is 31.6 Å². The summed E-state index contributed by atoms with van der Waals surface area (Å²) in [4.78, 5) is 64.6. The Morgan fingerprint density at radius 3 is 2.60 bits per heavy atom. The first-order valence-electron chi connectivity index (χ1n) is 16.7. The number of hydrogen-bond acceptors (Lipinski definition) is 13. The zero-order chi connectivity index (χ0) is 36.3. The Labute approximate surface area is 289 Å². The molecule has 4 aliphatic rings. The Kier molecular flexibility index (Phi) is 10.8. The lowest BCUT2D eigenvalue weighted by molar-refractivity contribution is -0.757. The molecule has 0 bridgehead atoms. The summed E-state index contributed by atoms with van der Waals surface area (Å²) in [7, 11) is 1.35. The van der Waals surface area contributed by atoms with Crippen LogP contribution in [0.15, 0.2) is 48.1 Å². The average Bonchev–Trinajstić information content (AvgIpc) is 3.35. The molecule has 1 aromatic carbocycles. The fourth-order valence-corrected chi connectivity index (χ4v) is 8.75. The van der Waals surface area contributed by atoms with Crippen molar-refractivity contribution in [2.24, 2.45) is 28.6 Å². The van der Waals surface area contributed by atoms with Gasteiger partial charge in [0.1, 0.15) is 5.60 Å². The van der Waals surface area contributed by atoms with Gasteiger partial charge < -0.3 is 34.0 Å². The van der Waals surface area contributed by atoms with E-state index >= 15 is 0 Å². The smallest absolute Gasteiger partial charge is 0.493 e. The summed E-state index contributed by atoms with van der Waals surface area (Å²) in [6, 6.07) is 4.47. The quantitative estimate of drug-likeness (QED) is 0.0738. The van der Waals surface area contributed by atoms with E-state index in [0.717, 1.165) is 12.0 Å². The van der Waals surface area contributed by atoms with E-state index < -0.39 is 52.1 Å². The van der Waals surface area contributed by atoms with Gasteiger partial charge in [0, 0.05) is 22.8 Å². The van der Waals surface area contributed by atoms with Crippen LogP contribution in [-0.4, -0.2) is 77.6 Å². The zero-order valence-corrected chi connectivity index (χ0v) is 28.3. The largest absolute Gasteiger partial charge is 0.514 e. The Bertz CT molecular complexity index is 1620. The maximum absolute atomic E-state index is 13.6. The number of methoxy groups -OCH3 is 1. The van der Waals surface area contributed by atoms with Gasteiger partial charge in [-0.25, -0.2) is 9.59 Å². The normalized spacial score (nSPS) is 31.1. The average molecular weight is 698 g/mol. The molecule has 270 valence electrons. The van der Waals surface area contributed by atoms with Crippen LogP contribution >= 0.6 is 0 Å². The predicted molar refractivity (Wildman–Crippen MR) is 175 cm³/mol. The van der Waals surface area contributed by atoms with Gasteiger partial charge in [-0.2, -0.15) is 0 Å². The van der Waals surface area contributed by atoms with E-state index in [1.165, 1.54) is 31.4 Å². The summed E-state index contributed by atoms with van der Waals surface area (Å²) < 4.78 is 20.8. The molecule has 0 spiro atoms. The van der Waals surface area contributed by atoms with Gasteiger partial charge in [-0.3, -0.25) is 9.59 Å². The molecule has 14 heteroatoms. The summed E-state index contributed by atoms with van der Waals surface area (Å²) >= 11 is 0. The van der Waals surface area contributed by atoms with Crippen molar-refractivity contribution in [2.45, 2.75) is 70.5 Å². The lowest BCUT2D eigenvalue weighted by Gasteiger charge is -2.59. The Hall–Kier alpha value is -4.56. The number of benzene rings is 1. The molecule has 3 fully saturated rings. The first kappa shape index (κ1) is 36.7. The molecule has 50 heavy (non-hydrogen) atoms. The summed E-state index contributed by atoms with van der Waals surface area (Å²) in [6.07, 6.45) is 8.90. The monoisotopic (exact) mass is 697 g/mol. The fourth-order valence-electron chi connectivity index (χ4n) is 8.75. The van der Waals surface area contributed by atoms with Gasteiger partial charge in [0.2, 0.25) is 5.78 Å². The first-order chi connectivity index (χ1) is 23.7. The molecule has 1 aromatic rings. The van der Waals surface area contributed by atoms with Crippen LogP contribution < -0.4 is 9.47 Å². The number of aliphatic hydroxyl groups excluding tert-OH is 1. The zero-order valence-electron chi connectivity index (χ0n) is 28.3. The maximum atomic E-state index is 13.6. The highest BCUT2D eigenvalue weighted by atomic mass is 16.9. The van der Waals surface area contributed by atoms with Crippen LogP contribution in [0.2, 0.25) is 0 Å². The summed E-state index contributed by atoms with van der Waals surface area (Å²) in [6.45, 7) is 3.14. The molecule has 2 N–H and O–H groups in total. The molecule has 7 atom stereocenters. The number of fused-ring (bicyclic) bond motifs is 5. The third kappa shape index (κ3) is 7.17. The van der Waals surface area contributed by atoms with Crippen LogP contribution in [0.25, 0.3) is 6.08 Å². The molecule has 4 aliphatic carbocycles. The highest BCUT2D eigenvalue weighted by Gasteiger charge is 2.68. The minimum Gasteiger partial charge on any atom is -0.493 e. The number of hydrogen-bond donors (Lipinski definition) is 2. The second-order valence-corrected chi connectivity index (χ2v) is 13.8. The molecule has 0 aromatic heterocycles. The molecule has 0 amide bonds. The second-order valence-electron chi connectivity index (χ2n) is 13.8. The second kappa shape index (κ2) is 14.7. The molecule has 0 unspecified atom stereocenters. The van der Waals surface area contributed by atoms with E-state index in [-0.39, 0.29) is 61.1 Å². The Balaban J connectivity index is 1.15. The summed E-state index contributed by atoms with van der Waals surface area (Å²) in [5.74, 6) is -1.39. The number of Topliss-reactive ketones (excluding diaryl/α,β-unsaturated/α-hetero) is 1. The molecule has 3 saturated carbocycles. The van der Waals surface area contributed by atoms with Gasteiger partial charge in [-0.15, -0.1) is 10.1 Å². The van der Waals surface area contributed by atoms with E-state index in [1.807, 2.05) is 13.0 Å². The Morgan fingerprint density at radius 2 is 1.86 bits per heavy atom. The van der Waals surface area contributed by atoms with E-state index in [4.69, 9.17) is 18.9 Å². The third-order valence-electron chi connectivity index (χ3n) is 11.2. The lowest BCUT2D eigenvalue weighted by Crippen LogP contribution is -2.61. The van der Waals surface area contributed by atoms with Crippen LogP contribution in [0.5, 0.6) is 11.5 Å². The molecule has 14 nitrogen and oxygen atoms in total. The fraction of sp³-hybridized carbons (Fsp3) is 0.556. The highest BCUT2D eigenvalue weighted by molar-refractivity contribution is 6.01. The van der Waals surface area contributed by atoms with Crippen LogP contribution in [0.1, 0.15) is 64.4 Å². The van der Waals surface area contributed by atoms with Crippen molar-refractivity contribution in [3.05, 3.63) is 63.8 Å². The number of esters is 1. The number of ether oxygens (including phenoxy) is 4. The minimum atomic E-state index is -1.82. The van der Waals surface area contributed by atoms with Gasteiger partial charge >= 0.3 is 12.1 Å². The molecular weight excluding hydrogens is 654 g/mol. The molecule has 0 aliphatic heterocycles. The van der Waals surface area contributed by atoms with Crippen LogP contribution in [0.3, 0.4) is 0 Å². The van der Waals surface area contributed by atoms with Gasteiger partial charge in [0.05, 0.1) is 26.4 Å². The molecule has 0 heterocycles. The van der Waals surface area contributed by atoms with Gasteiger partial charge in [0.25, 0.3) is 5.09 Å². The molecule has 5 rings (SSSR count). The van der Waals surface area contributed by atoms with E-state index in [9.17, 15) is 39.5 Å². The number of rotatable bonds is 13. The lowest BCUT2D eigenvalue weighted by atomic mass is 9.46. The van der Waals surface area contributed by atoms with Crippen molar-refractivity contribution in [3.63, 3.8) is 0 Å². The van der Waals surface area contributed by atoms with Crippen molar-refractivity contribution in [1.29, 1.82) is 0 Å². The number of unbranched alkanes of at least 4 members (excludes halogenated alkanes) is 1. The van der Waals surface area contributed by atoms with Crippen molar-refractivity contribution in [3.8, 4) is 11.5 Å². The molecule has 0 saturated heterocycles. The van der Waals surface area contributed by atoms with Crippen molar-refractivity contribution < 1.29 is 58.3 Å². The topological polar surface area (TPSA) is 198 Å². The van der Waals surface area contributed by atoms with Crippen molar-refractivity contribution in [1.82, 2.24) is 0 Å². The van der Waals surface area contributed by atoms with E-state index in [1.54, 1.807) is 18.2 Å². The predicted octanol–water partition coefficient (Wildman–Crippen LogP) is 4.33. The van der Waals surface area contributed by atoms with Crippen LogP contribution in [0.4, 0.5) is 4.79 Å². The van der Waals surface area contributed by atoms with Crippen LogP contribution in [-0.2, 0) is 28.7 Å². The minimum absolute atomic E-state index is 0.00709. The Morgan fingerprint density at radius 1 is 1.10 bits per heavy atom. The highest BCUT2D eigenvalue weighted by Crippen LogP contribution is 2.67. The van der Waals surface area contributed by atoms with Gasteiger partial charge in [0.15, 0.2) is 23.9 Å². The van der Waals surface area contributed by atoms with Gasteiger partial charge in [-0.05, 0) is 92.7 Å². The van der Waals surface area contributed by atoms with E-state index in [2.05, 4.69) is 11.8 Å². The first-order valence-corrected chi connectivity index (χ1v) is 16.7. The van der Waals surface area contributed by atoms with Crippen molar-refractivity contribution in [2.75, 3.05) is 26.9 Å². The summed E-state index contributed by atoms with van der Waals surface area (Å²) in [5, 5.41) is 32.7. The molecular formula is C36H43NO13. The number of allylic oxidation sites excluding steroid dienone is 4.